The molecule has 4 aromatic rings. The molecule has 0 heterocycles. The van der Waals surface area contributed by atoms with Gasteiger partial charge in [-0.15, -0.1) is 0 Å². The highest BCUT2D eigenvalue weighted by Gasteiger charge is 2.40. The van der Waals surface area contributed by atoms with Crippen molar-refractivity contribution >= 4 is 35.1 Å². The minimum Gasteiger partial charge on any atom is -0.507 e. The Balaban J connectivity index is 1.66. The third kappa shape index (κ3) is 10.0. The van der Waals surface area contributed by atoms with E-state index >= 15 is 0 Å². The molecule has 5 rings (SSSR count). The molecule has 4 nitrogen and oxygen atoms in total. The average molecular weight is 765 g/mol. The first-order chi connectivity index (χ1) is 25.1. The van der Waals surface area contributed by atoms with E-state index < -0.39 is 11.6 Å². The van der Waals surface area contributed by atoms with E-state index in [2.05, 4.69) is 100 Å². The first-order valence-electron chi connectivity index (χ1n) is 19.5. The van der Waals surface area contributed by atoms with E-state index in [0.29, 0.717) is 45.6 Å². The predicted molar refractivity (Wildman–Crippen MR) is 226 cm³/mol. The minimum absolute atomic E-state index is 0.0147. The lowest BCUT2D eigenvalue weighted by Gasteiger charge is -2.27. The summed E-state index contributed by atoms with van der Waals surface area (Å²) in [6.45, 7) is 24.4. The van der Waals surface area contributed by atoms with Crippen molar-refractivity contribution in [2.45, 2.75) is 140 Å². The number of aromatic hydroxyl groups is 2. The highest BCUT2D eigenvalue weighted by atomic mass is 32.2. The zero-order valence-corrected chi connectivity index (χ0v) is 35.9. The van der Waals surface area contributed by atoms with Crippen LogP contribution in [0.25, 0.3) is 0 Å². The molecule has 0 spiro atoms. The van der Waals surface area contributed by atoms with Crippen LogP contribution in [0.2, 0.25) is 0 Å². The second-order valence-corrected chi connectivity index (χ2v) is 21.3. The summed E-state index contributed by atoms with van der Waals surface area (Å²) in [7, 11) is 0. The molecule has 6 heteroatoms. The molecule has 2 atom stereocenters. The van der Waals surface area contributed by atoms with Crippen molar-refractivity contribution in [3.63, 3.8) is 0 Å². The molecule has 288 valence electrons. The van der Waals surface area contributed by atoms with E-state index in [1.54, 1.807) is 0 Å². The van der Waals surface area contributed by atoms with Crippen molar-refractivity contribution in [2.75, 3.05) is 0 Å². The average Bonchev–Trinajstić information content (AvgIpc) is 3.06. The highest BCUT2D eigenvalue weighted by molar-refractivity contribution is 7.99. The zero-order chi connectivity index (χ0) is 39.7. The van der Waals surface area contributed by atoms with Crippen molar-refractivity contribution in [2.24, 2.45) is 22.7 Å². The summed E-state index contributed by atoms with van der Waals surface area (Å²) in [5.74, 6) is -0.298. The maximum atomic E-state index is 15.0. The van der Waals surface area contributed by atoms with Crippen LogP contribution in [0.5, 0.6) is 11.5 Å². The van der Waals surface area contributed by atoms with E-state index in [0.717, 1.165) is 35.5 Å². The molecule has 0 radical (unpaired) electrons. The molecule has 0 aromatic heterocycles. The number of ketones is 2. The van der Waals surface area contributed by atoms with Crippen LogP contribution in [0.15, 0.2) is 86.3 Å². The van der Waals surface area contributed by atoms with Crippen molar-refractivity contribution in [3.05, 3.63) is 106 Å². The fourth-order valence-electron chi connectivity index (χ4n) is 7.95. The number of aryl methyl sites for hydroxylation is 2. The van der Waals surface area contributed by atoms with Crippen molar-refractivity contribution < 1.29 is 19.8 Å². The normalized spacial score (nSPS) is 14.5. The maximum Gasteiger partial charge on any atom is 0.199 e. The Labute approximate surface area is 333 Å². The summed E-state index contributed by atoms with van der Waals surface area (Å²) in [5.41, 5.74) is 3.29. The van der Waals surface area contributed by atoms with Crippen LogP contribution in [0.3, 0.4) is 0 Å². The van der Waals surface area contributed by atoms with Gasteiger partial charge in [0.25, 0.3) is 0 Å². The van der Waals surface area contributed by atoms with Crippen LogP contribution in [0.4, 0.5) is 0 Å². The third-order valence-corrected chi connectivity index (χ3v) is 12.3. The number of phenols is 2. The van der Waals surface area contributed by atoms with Crippen LogP contribution in [-0.2, 0) is 18.3 Å². The lowest BCUT2D eigenvalue weighted by atomic mass is 9.79. The van der Waals surface area contributed by atoms with Crippen molar-refractivity contribution in [1.29, 1.82) is 0 Å². The third-order valence-electron chi connectivity index (χ3n) is 10.2. The van der Waals surface area contributed by atoms with Gasteiger partial charge in [0.05, 0.1) is 22.3 Å². The molecular weight excluding hydrogens is 705 g/mol. The van der Waals surface area contributed by atoms with Gasteiger partial charge in [-0.05, 0) is 120 Å². The fourth-order valence-corrected chi connectivity index (χ4v) is 10.0. The Bertz CT molecular complexity index is 1990. The van der Waals surface area contributed by atoms with Gasteiger partial charge in [0.2, 0.25) is 0 Å². The van der Waals surface area contributed by atoms with Crippen LogP contribution in [0, 0.1) is 22.7 Å². The van der Waals surface area contributed by atoms with E-state index in [1.165, 1.54) is 29.1 Å². The van der Waals surface area contributed by atoms with Crippen molar-refractivity contribution in [3.8, 4) is 11.5 Å². The van der Waals surface area contributed by atoms with E-state index in [1.807, 2.05) is 42.5 Å². The molecule has 2 unspecified atom stereocenters. The lowest BCUT2D eigenvalue weighted by molar-refractivity contribution is 0.0969. The van der Waals surface area contributed by atoms with E-state index in [-0.39, 0.29) is 50.0 Å². The molecule has 2 N–H and O–H groups in total. The Morgan fingerprint density at radius 3 is 1.31 bits per heavy atom. The van der Waals surface area contributed by atoms with Gasteiger partial charge < -0.3 is 10.2 Å². The topological polar surface area (TPSA) is 74.6 Å². The SMILES string of the molecule is CC(CCc1cc(Sc2ccccc2)c2c(c1O)C(=O)c1c(Sc3ccc(C(C)(C)C)cc3)cc(CCC(C)CC(C)(C)C)c(O)c1C2=O)CC(C)(C)C. The van der Waals surface area contributed by atoms with Crippen LogP contribution >= 0.6 is 23.5 Å². The Kier molecular flexibility index (Phi) is 12.6. The number of carbonyl (C=O) groups is 2. The molecule has 1 aliphatic rings. The summed E-state index contributed by atoms with van der Waals surface area (Å²) in [6.07, 6.45) is 4.88. The van der Waals surface area contributed by atoms with E-state index in [4.69, 9.17) is 0 Å². The molecule has 0 bridgehead atoms. The van der Waals surface area contributed by atoms with Gasteiger partial charge in [-0.2, -0.15) is 0 Å². The molecule has 0 saturated carbocycles. The fraction of sp³-hybridized carbons (Fsp3) is 0.458. The molecule has 54 heavy (non-hydrogen) atoms. The summed E-state index contributed by atoms with van der Waals surface area (Å²) in [5, 5.41) is 24.0. The summed E-state index contributed by atoms with van der Waals surface area (Å²) < 4.78 is 0. The summed E-state index contributed by atoms with van der Waals surface area (Å²) in [6, 6.07) is 21.9. The number of hydrogen-bond donors (Lipinski definition) is 2. The molecule has 0 aliphatic heterocycles. The Morgan fingerprint density at radius 1 is 0.556 bits per heavy atom. The number of rotatable bonds is 12. The summed E-state index contributed by atoms with van der Waals surface area (Å²) in [4.78, 5) is 33.0. The van der Waals surface area contributed by atoms with Crippen LogP contribution in [0.1, 0.15) is 150 Å². The molecule has 0 amide bonds. The van der Waals surface area contributed by atoms with Gasteiger partial charge >= 0.3 is 0 Å². The monoisotopic (exact) mass is 764 g/mol. The highest BCUT2D eigenvalue weighted by Crippen LogP contribution is 2.49. The molecule has 0 fully saturated rings. The van der Waals surface area contributed by atoms with E-state index in [9.17, 15) is 19.8 Å². The predicted octanol–water partition coefficient (Wildman–Crippen LogP) is 13.5. The molecular formula is C48H60O4S2. The standard InChI is InChI=1S/C48H60O4S2/c1-29(27-46(3,4)5)17-19-31-25-36(53-34-15-13-12-14-16-34)38-40(42(31)49)45(52)39-37(54-35-23-21-33(22-24-35)48(9,10)11)26-32(43(50)41(39)44(38)51)20-18-30(2)28-47(6,7)8/h12-16,21-26,29-30,49-50H,17-20,27-28H2,1-11H3. The number of phenolic OH excluding ortho intramolecular Hbond substituents is 2. The molecule has 0 saturated heterocycles. The van der Waals surface area contributed by atoms with Gasteiger partial charge in [-0.1, -0.05) is 130 Å². The van der Waals surface area contributed by atoms with Gasteiger partial charge in [0.15, 0.2) is 11.6 Å². The summed E-state index contributed by atoms with van der Waals surface area (Å²) >= 11 is 2.85. The molecule has 4 aromatic carbocycles. The Hall–Kier alpha value is -3.48. The second kappa shape index (κ2) is 16.3. The zero-order valence-electron chi connectivity index (χ0n) is 34.3. The van der Waals surface area contributed by atoms with Crippen LogP contribution < -0.4 is 0 Å². The number of benzene rings is 4. The molecule has 1 aliphatic carbocycles. The number of fused-ring (bicyclic) bond motifs is 2. The maximum absolute atomic E-state index is 15.0. The smallest absolute Gasteiger partial charge is 0.199 e. The Morgan fingerprint density at radius 2 is 0.944 bits per heavy atom. The number of hydrogen-bond acceptors (Lipinski definition) is 6. The first kappa shape index (κ1) is 41.7. The van der Waals surface area contributed by atoms with Gasteiger partial charge in [-0.25, -0.2) is 0 Å². The number of carbonyl (C=O) groups excluding carboxylic acids is 2. The lowest BCUT2D eigenvalue weighted by Crippen LogP contribution is -2.24. The van der Waals surface area contributed by atoms with Crippen LogP contribution in [-0.4, -0.2) is 21.8 Å². The van der Waals surface area contributed by atoms with Gasteiger partial charge in [0, 0.05) is 19.6 Å². The van der Waals surface area contributed by atoms with Crippen molar-refractivity contribution in [1.82, 2.24) is 0 Å². The first-order valence-corrected chi connectivity index (χ1v) is 21.1. The second-order valence-electron chi connectivity index (χ2n) is 19.0. The quantitative estimate of drug-likeness (QED) is 0.132. The van der Waals surface area contributed by atoms with Gasteiger partial charge in [-0.3, -0.25) is 9.59 Å². The van der Waals surface area contributed by atoms with Gasteiger partial charge in [0.1, 0.15) is 11.5 Å². The largest absolute Gasteiger partial charge is 0.507 e. The minimum atomic E-state index is -0.423.